The highest BCUT2D eigenvalue weighted by molar-refractivity contribution is 5.71. The molecule has 6 rings (SSSR count). The molecule has 2 atom stereocenters. The lowest BCUT2D eigenvalue weighted by Gasteiger charge is -2.44. The van der Waals surface area contributed by atoms with Gasteiger partial charge in [-0.1, -0.05) is 32.0 Å². The van der Waals surface area contributed by atoms with E-state index in [1.165, 1.54) is 6.07 Å². The van der Waals surface area contributed by atoms with E-state index in [2.05, 4.69) is 10.2 Å². The number of carbonyl (C=O) groups is 1. The largest absolute Gasteiger partial charge is 0.493 e. The smallest absolute Gasteiger partial charge is 0.419 e. The molecule has 2 aromatic carbocycles. The highest BCUT2D eigenvalue weighted by Gasteiger charge is 2.41. The zero-order valence-electron chi connectivity index (χ0n) is 21.4. The summed E-state index contributed by atoms with van der Waals surface area (Å²) in [6.07, 6.45) is -2.99. The van der Waals surface area contributed by atoms with Gasteiger partial charge in [-0.2, -0.15) is 13.2 Å². The van der Waals surface area contributed by atoms with Crippen LogP contribution in [0.15, 0.2) is 36.4 Å². The fourth-order valence-electron chi connectivity index (χ4n) is 5.66. The summed E-state index contributed by atoms with van der Waals surface area (Å²) in [5, 5.41) is 3.06. The van der Waals surface area contributed by atoms with Crippen LogP contribution in [0.25, 0.3) is 11.1 Å². The van der Waals surface area contributed by atoms with Gasteiger partial charge in [0, 0.05) is 17.5 Å². The number of benzene rings is 2. The molecule has 200 valence electrons. The van der Waals surface area contributed by atoms with Crippen molar-refractivity contribution in [2.24, 2.45) is 11.3 Å². The quantitative estimate of drug-likeness (QED) is 0.522. The van der Waals surface area contributed by atoms with Gasteiger partial charge in [0.05, 0.1) is 24.8 Å². The molecule has 0 aliphatic carbocycles. The Kier molecular flexibility index (Phi) is 6.77. The van der Waals surface area contributed by atoms with Gasteiger partial charge < -0.3 is 19.5 Å². The van der Waals surface area contributed by atoms with E-state index < -0.39 is 23.2 Å². The van der Waals surface area contributed by atoms with Crippen LogP contribution in [-0.4, -0.2) is 49.9 Å². The van der Waals surface area contributed by atoms with E-state index in [4.69, 9.17) is 14.2 Å². The van der Waals surface area contributed by atoms with Crippen molar-refractivity contribution in [1.82, 2.24) is 10.2 Å². The summed E-state index contributed by atoms with van der Waals surface area (Å²) >= 11 is 0. The molecule has 3 saturated heterocycles. The van der Waals surface area contributed by atoms with Crippen molar-refractivity contribution in [2.45, 2.75) is 51.9 Å². The number of alkyl carbamates (subject to hydrolysis) is 1. The Balaban J connectivity index is 1.38. The Morgan fingerprint density at radius 2 is 1.84 bits per heavy atom. The summed E-state index contributed by atoms with van der Waals surface area (Å²) in [6.45, 7) is 9.04. The maximum Gasteiger partial charge on any atom is 0.419 e. The third-order valence-electron chi connectivity index (χ3n) is 7.74. The number of fused-ring (bicyclic) bond motifs is 4. The number of amides is 1. The fourth-order valence-corrected chi connectivity index (χ4v) is 5.66. The second-order valence-corrected chi connectivity index (χ2v) is 10.8. The second kappa shape index (κ2) is 9.74. The van der Waals surface area contributed by atoms with Crippen molar-refractivity contribution in [3.05, 3.63) is 47.5 Å². The molecule has 1 N–H and O–H groups in total. The minimum Gasteiger partial charge on any atom is -0.493 e. The van der Waals surface area contributed by atoms with Crippen LogP contribution in [0.3, 0.4) is 0 Å². The number of alkyl halides is 3. The molecule has 0 saturated carbocycles. The summed E-state index contributed by atoms with van der Waals surface area (Å²) in [7, 11) is 0. The molecule has 6 nitrogen and oxygen atoms in total. The summed E-state index contributed by atoms with van der Waals surface area (Å²) in [6, 6.07) is 8.98. The first-order chi connectivity index (χ1) is 17.5. The molecule has 1 amide bonds. The molecular formula is C28H33F3N2O4. The average molecular weight is 519 g/mol. The Hall–Kier alpha value is -2.94. The number of hydrogen-bond donors (Lipinski definition) is 1. The molecule has 2 bridgehead atoms. The van der Waals surface area contributed by atoms with Crippen molar-refractivity contribution in [3.63, 3.8) is 0 Å². The summed E-state index contributed by atoms with van der Waals surface area (Å²) < 4.78 is 58.0. The number of nitrogens with zero attached hydrogens (tertiary/aromatic N) is 1. The number of ether oxygens (including phenoxy) is 3. The number of piperidine rings is 3. The SMILES string of the molecule is CCOc1ccc(-c2ccc3c(c2)OCC(C)(C)C3NC(=O)O[C@@H]2CN3CCC2CC3)cc1C(F)(F)F. The number of carbonyl (C=O) groups excluding carboxylic acids is 1. The molecule has 2 aromatic rings. The topological polar surface area (TPSA) is 60.0 Å². The van der Waals surface area contributed by atoms with Crippen LogP contribution in [0.4, 0.5) is 18.0 Å². The zero-order valence-corrected chi connectivity index (χ0v) is 21.4. The molecule has 3 fully saturated rings. The molecule has 4 heterocycles. The van der Waals surface area contributed by atoms with Crippen molar-refractivity contribution in [3.8, 4) is 22.6 Å². The van der Waals surface area contributed by atoms with Crippen LogP contribution in [0, 0.1) is 11.3 Å². The average Bonchev–Trinajstić information content (AvgIpc) is 2.86. The van der Waals surface area contributed by atoms with E-state index in [0.717, 1.165) is 44.1 Å². The first-order valence-corrected chi connectivity index (χ1v) is 12.9. The molecular weight excluding hydrogens is 485 g/mol. The first kappa shape index (κ1) is 25.7. The van der Waals surface area contributed by atoms with E-state index in [1.54, 1.807) is 25.1 Å². The van der Waals surface area contributed by atoms with Gasteiger partial charge >= 0.3 is 12.3 Å². The zero-order chi connectivity index (χ0) is 26.4. The van der Waals surface area contributed by atoms with Crippen LogP contribution in [-0.2, 0) is 10.9 Å². The Bertz CT molecular complexity index is 1160. The van der Waals surface area contributed by atoms with Crippen molar-refractivity contribution < 1.29 is 32.2 Å². The van der Waals surface area contributed by atoms with Gasteiger partial charge in [0.25, 0.3) is 0 Å². The standard InChI is InChI=1S/C28H33F3N2O4/c1-4-35-22-8-6-18(13-21(22)28(29,30)31)19-5-7-20-23(14-19)36-16-27(2,3)25(20)32-26(34)37-24-15-33-11-9-17(24)10-12-33/h5-8,13-14,17,24-25H,4,9-12,15-16H2,1-3H3,(H,32,34)/t24-,25?/m1/s1. The highest BCUT2D eigenvalue weighted by Crippen LogP contribution is 2.45. The minimum absolute atomic E-state index is 0.102. The third kappa shape index (κ3) is 5.23. The van der Waals surface area contributed by atoms with Gasteiger partial charge in [-0.3, -0.25) is 4.90 Å². The summed E-state index contributed by atoms with van der Waals surface area (Å²) in [4.78, 5) is 15.3. The van der Waals surface area contributed by atoms with Gasteiger partial charge in [-0.05, 0) is 68.1 Å². The third-order valence-corrected chi connectivity index (χ3v) is 7.74. The lowest BCUT2D eigenvalue weighted by Crippen LogP contribution is -2.53. The van der Waals surface area contributed by atoms with Crippen LogP contribution in [0.1, 0.15) is 50.8 Å². The molecule has 37 heavy (non-hydrogen) atoms. The molecule has 0 spiro atoms. The minimum atomic E-state index is -4.54. The van der Waals surface area contributed by atoms with Gasteiger partial charge in [0.2, 0.25) is 0 Å². The molecule has 0 aromatic heterocycles. The maximum atomic E-state index is 13.7. The van der Waals surface area contributed by atoms with E-state index in [0.29, 0.717) is 29.4 Å². The molecule has 9 heteroatoms. The normalized spacial score (nSPS) is 26.1. The summed E-state index contributed by atoms with van der Waals surface area (Å²) in [5.41, 5.74) is 0.527. The van der Waals surface area contributed by atoms with E-state index in [1.807, 2.05) is 19.9 Å². The van der Waals surface area contributed by atoms with E-state index in [9.17, 15) is 18.0 Å². The second-order valence-electron chi connectivity index (χ2n) is 10.8. The number of nitrogens with one attached hydrogen (secondary N) is 1. The van der Waals surface area contributed by atoms with Crippen LogP contribution in [0.2, 0.25) is 0 Å². The van der Waals surface area contributed by atoms with Crippen LogP contribution in [0.5, 0.6) is 11.5 Å². The first-order valence-electron chi connectivity index (χ1n) is 12.9. The number of hydrogen-bond acceptors (Lipinski definition) is 5. The molecule has 4 aliphatic heterocycles. The van der Waals surface area contributed by atoms with Crippen LogP contribution >= 0.6 is 0 Å². The van der Waals surface area contributed by atoms with Gasteiger partial charge in [0.15, 0.2) is 0 Å². The number of halogens is 3. The summed E-state index contributed by atoms with van der Waals surface area (Å²) in [5.74, 6) is 0.747. The highest BCUT2D eigenvalue weighted by atomic mass is 19.4. The Morgan fingerprint density at radius 3 is 2.49 bits per heavy atom. The van der Waals surface area contributed by atoms with E-state index >= 15 is 0 Å². The van der Waals surface area contributed by atoms with Crippen LogP contribution < -0.4 is 14.8 Å². The predicted molar refractivity (Wildman–Crippen MR) is 133 cm³/mol. The lowest BCUT2D eigenvalue weighted by atomic mass is 9.78. The monoisotopic (exact) mass is 518 g/mol. The fraction of sp³-hybridized carbons (Fsp3) is 0.536. The molecule has 4 aliphatic rings. The Labute approximate surface area is 215 Å². The molecule has 1 unspecified atom stereocenters. The van der Waals surface area contributed by atoms with Gasteiger partial charge in [-0.25, -0.2) is 4.79 Å². The predicted octanol–water partition coefficient (Wildman–Crippen LogP) is 6.05. The number of rotatable bonds is 5. The van der Waals surface area contributed by atoms with E-state index in [-0.39, 0.29) is 24.5 Å². The maximum absolute atomic E-state index is 13.7. The lowest BCUT2D eigenvalue weighted by molar-refractivity contribution is -0.138. The Morgan fingerprint density at radius 1 is 1.14 bits per heavy atom. The van der Waals surface area contributed by atoms with Crippen molar-refractivity contribution in [2.75, 3.05) is 32.8 Å². The molecule has 0 radical (unpaired) electrons. The van der Waals surface area contributed by atoms with Crippen molar-refractivity contribution in [1.29, 1.82) is 0 Å². The van der Waals surface area contributed by atoms with Crippen molar-refractivity contribution >= 4 is 6.09 Å². The van der Waals surface area contributed by atoms with Gasteiger partial charge in [-0.15, -0.1) is 0 Å². The van der Waals surface area contributed by atoms with Gasteiger partial charge in [0.1, 0.15) is 17.6 Å².